The molecule has 0 aliphatic rings. The molecule has 1 amide bonds. The molecule has 0 heterocycles. The highest BCUT2D eigenvalue weighted by molar-refractivity contribution is 9.10. The first-order valence-electron chi connectivity index (χ1n) is 5.20. The summed E-state index contributed by atoms with van der Waals surface area (Å²) in [5.74, 6) is 0.201. The largest absolute Gasteiger partial charge is 0.383 e. The number of halogens is 2. The van der Waals surface area contributed by atoms with Gasteiger partial charge in [0.05, 0.1) is 12.6 Å². The van der Waals surface area contributed by atoms with Crippen LogP contribution < -0.4 is 5.32 Å². The minimum absolute atomic E-state index is 0.127. The third-order valence-electron chi connectivity index (χ3n) is 2.32. The topological polar surface area (TPSA) is 38.3 Å². The number of aryl methyl sites for hydroxylation is 1. The van der Waals surface area contributed by atoms with Crippen LogP contribution in [0.25, 0.3) is 0 Å². The number of rotatable bonds is 5. The molecule has 0 bridgehead atoms. The lowest BCUT2D eigenvalue weighted by atomic mass is 10.1. The molecule has 3 nitrogen and oxygen atoms in total. The summed E-state index contributed by atoms with van der Waals surface area (Å²) in [6, 6.07) is 5.36. The van der Waals surface area contributed by atoms with E-state index in [4.69, 9.17) is 16.3 Å². The molecule has 0 aromatic heterocycles. The standard InChI is InChI=1S/C12H15BrClNO2/c1-8-5-9(13)3-4-11(8)12(16)15-10(6-14)7-17-2/h3-5,10H,6-7H2,1-2H3,(H,15,16). The maximum Gasteiger partial charge on any atom is 0.251 e. The minimum Gasteiger partial charge on any atom is -0.383 e. The van der Waals surface area contributed by atoms with Gasteiger partial charge in [-0.1, -0.05) is 15.9 Å². The maximum absolute atomic E-state index is 12.0. The van der Waals surface area contributed by atoms with Crippen LogP contribution in [0.3, 0.4) is 0 Å². The smallest absolute Gasteiger partial charge is 0.251 e. The number of methoxy groups -OCH3 is 1. The summed E-state index contributed by atoms with van der Waals surface area (Å²) in [5.41, 5.74) is 1.57. The van der Waals surface area contributed by atoms with Crippen LogP contribution >= 0.6 is 27.5 Å². The van der Waals surface area contributed by atoms with E-state index < -0.39 is 0 Å². The zero-order valence-corrected chi connectivity index (χ0v) is 12.1. The van der Waals surface area contributed by atoms with Gasteiger partial charge in [-0.15, -0.1) is 11.6 Å². The Bertz CT molecular complexity index is 398. The van der Waals surface area contributed by atoms with E-state index in [0.29, 0.717) is 18.1 Å². The Morgan fingerprint density at radius 1 is 1.59 bits per heavy atom. The van der Waals surface area contributed by atoms with E-state index in [1.807, 2.05) is 19.1 Å². The maximum atomic E-state index is 12.0. The van der Waals surface area contributed by atoms with E-state index in [2.05, 4.69) is 21.2 Å². The molecule has 1 rings (SSSR count). The highest BCUT2D eigenvalue weighted by Crippen LogP contribution is 2.15. The molecule has 0 aliphatic heterocycles. The Kier molecular flexibility index (Phi) is 5.95. The Hall–Kier alpha value is -0.580. The van der Waals surface area contributed by atoms with Gasteiger partial charge in [0.15, 0.2) is 0 Å². The van der Waals surface area contributed by atoms with Crippen molar-refractivity contribution < 1.29 is 9.53 Å². The normalized spacial score (nSPS) is 12.2. The van der Waals surface area contributed by atoms with Gasteiger partial charge < -0.3 is 10.1 Å². The fourth-order valence-corrected chi connectivity index (χ4v) is 2.11. The average Bonchev–Trinajstić information content (AvgIpc) is 2.28. The van der Waals surface area contributed by atoms with Crippen molar-refractivity contribution in [3.05, 3.63) is 33.8 Å². The Morgan fingerprint density at radius 2 is 2.29 bits per heavy atom. The summed E-state index contributed by atoms with van der Waals surface area (Å²) >= 11 is 9.10. The lowest BCUT2D eigenvalue weighted by molar-refractivity contribution is 0.0906. The molecule has 94 valence electrons. The number of carbonyl (C=O) groups is 1. The molecule has 5 heteroatoms. The first kappa shape index (κ1) is 14.5. The summed E-state index contributed by atoms with van der Waals surface area (Å²) in [4.78, 5) is 12.0. The van der Waals surface area contributed by atoms with Crippen LogP contribution in [-0.2, 0) is 4.74 Å². The lowest BCUT2D eigenvalue weighted by Crippen LogP contribution is -2.39. The zero-order chi connectivity index (χ0) is 12.8. The van der Waals surface area contributed by atoms with E-state index in [-0.39, 0.29) is 11.9 Å². The Morgan fingerprint density at radius 3 is 2.82 bits per heavy atom. The van der Waals surface area contributed by atoms with Crippen molar-refractivity contribution in [3.8, 4) is 0 Å². The van der Waals surface area contributed by atoms with Crippen LogP contribution in [0, 0.1) is 6.92 Å². The van der Waals surface area contributed by atoms with Crippen LogP contribution in [0.4, 0.5) is 0 Å². The fourth-order valence-electron chi connectivity index (χ4n) is 1.47. The van der Waals surface area contributed by atoms with Crippen LogP contribution in [0.5, 0.6) is 0 Å². The number of hydrogen-bond donors (Lipinski definition) is 1. The van der Waals surface area contributed by atoms with E-state index in [9.17, 15) is 4.79 Å². The molecule has 0 radical (unpaired) electrons. The van der Waals surface area contributed by atoms with Crippen LogP contribution in [0.15, 0.2) is 22.7 Å². The van der Waals surface area contributed by atoms with Crippen molar-refractivity contribution in [3.63, 3.8) is 0 Å². The molecule has 1 aromatic rings. The van der Waals surface area contributed by atoms with Gasteiger partial charge in [0.2, 0.25) is 0 Å². The van der Waals surface area contributed by atoms with Crippen LogP contribution in [-0.4, -0.2) is 31.5 Å². The molecule has 17 heavy (non-hydrogen) atoms. The van der Waals surface area contributed by atoms with Gasteiger partial charge in [-0.2, -0.15) is 0 Å². The summed E-state index contributed by atoms with van der Waals surface area (Å²) in [5, 5.41) is 2.83. The minimum atomic E-state index is -0.169. The number of nitrogens with one attached hydrogen (secondary N) is 1. The monoisotopic (exact) mass is 319 g/mol. The second-order valence-electron chi connectivity index (χ2n) is 3.74. The van der Waals surface area contributed by atoms with Crippen LogP contribution in [0.2, 0.25) is 0 Å². The molecule has 1 N–H and O–H groups in total. The number of carbonyl (C=O) groups excluding carboxylic acids is 1. The van der Waals surface area contributed by atoms with Gasteiger partial charge in [0.25, 0.3) is 5.91 Å². The third-order valence-corrected chi connectivity index (χ3v) is 3.19. The van der Waals surface area contributed by atoms with Crippen molar-refractivity contribution >= 4 is 33.4 Å². The quantitative estimate of drug-likeness (QED) is 0.847. The first-order valence-corrected chi connectivity index (χ1v) is 6.53. The third kappa shape index (κ3) is 4.30. The van der Waals surface area contributed by atoms with Gasteiger partial charge in [-0.05, 0) is 30.7 Å². The second kappa shape index (κ2) is 6.99. The van der Waals surface area contributed by atoms with Crippen molar-refractivity contribution in [1.29, 1.82) is 0 Å². The molecule has 0 saturated carbocycles. The van der Waals surface area contributed by atoms with Crippen LogP contribution in [0.1, 0.15) is 15.9 Å². The fraction of sp³-hybridized carbons (Fsp3) is 0.417. The molecule has 0 spiro atoms. The Balaban J connectivity index is 2.75. The number of ether oxygens (including phenoxy) is 1. The molecular formula is C12H15BrClNO2. The number of alkyl halides is 1. The van der Waals surface area contributed by atoms with Gasteiger partial charge in [-0.25, -0.2) is 0 Å². The lowest BCUT2D eigenvalue weighted by Gasteiger charge is -2.15. The highest BCUT2D eigenvalue weighted by atomic mass is 79.9. The van der Waals surface area contributed by atoms with E-state index in [1.165, 1.54) is 0 Å². The molecule has 0 fully saturated rings. The predicted molar refractivity (Wildman–Crippen MR) is 72.7 cm³/mol. The molecule has 1 atom stereocenters. The molecule has 1 unspecified atom stereocenters. The van der Waals surface area contributed by atoms with Crippen molar-refractivity contribution in [2.24, 2.45) is 0 Å². The summed E-state index contributed by atoms with van der Waals surface area (Å²) in [6.45, 7) is 2.30. The highest BCUT2D eigenvalue weighted by Gasteiger charge is 2.14. The molecular weight excluding hydrogens is 305 g/mol. The van der Waals surface area contributed by atoms with Crippen molar-refractivity contribution in [2.45, 2.75) is 13.0 Å². The SMILES string of the molecule is COCC(CCl)NC(=O)c1ccc(Br)cc1C. The summed E-state index contributed by atoms with van der Waals surface area (Å²) < 4.78 is 5.93. The molecule has 1 aromatic carbocycles. The van der Waals surface area contributed by atoms with Crippen molar-refractivity contribution in [2.75, 3.05) is 19.6 Å². The number of hydrogen-bond acceptors (Lipinski definition) is 2. The van der Waals surface area contributed by atoms with E-state index >= 15 is 0 Å². The van der Waals surface area contributed by atoms with Gasteiger partial charge in [0, 0.05) is 23.0 Å². The molecule has 0 aliphatic carbocycles. The molecule has 0 saturated heterocycles. The average molecular weight is 321 g/mol. The second-order valence-corrected chi connectivity index (χ2v) is 4.96. The summed E-state index contributed by atoms with van der Waals surface area (Å²) in [7, 11) is 1.58. The van der Waals surface area contributed by atoms with E-state index in [1.54, 1.807) is 13.2 Å². The number of amides is 1. The Labute approximate surface area is 115 Å². The predicted octanol–water partition coefficient (Wildman–Crippen LogP) is 2.74. The van der Waals surface area contributed by atoms with Gasteiger partial charge >= 0.3 is 0 Å². The first-order chi connectivity index (χ1) is 8.08. The van der Waals surface area contributed by atoms with Gasteiger partial charge in [-0.3, -0.25) is 4.79 Å². The number of benzene rings is 1. The van der Waals surface area contributed by atoms with Crippen molar-refractivity contribution in [1.82, 2.24) is 5.32 Å². The summed E-state index contributed by atoms with van der Waals surface area (Å²) in [6.07, 6.45) is 0. The zero-order valence-electron chi connectivity index (χ0n) is 9.80. The van der Waals surface area contributed by atoms with Gasteiger partial charge in [0.1, 0.15) is 0 Å². The van der Waals surface area contributed by atoms with E-state index in [0.717, 1.165) is 10.0 Å².